The van der Waals surface area contributed by atoms with E-state index in [-0.39, 0.29) is 0 Å². The highest BCUT2D eigenvalue weighted by molar-refractivity contribution is 5.16. The van der Waals surface area contributed by atoms with Crippen LogP contribution in [0.4, 0.5) is 0 Å². The maximum absolute atomic E-state index is 3.71. The number of fused-ring (bicyclic) bond motifs is 2. The lowest BCUT2D eigenvalue weighted by Gasteiger charge is -2.37. The SMILES string of the molecule is Cc1ccc(C)n1NC1CC2CCC(C1)N2C. The van der Waals surface area contributed by atoms with Gasteiger partial charge < -0.3 is 10.3 Å². The lowest BCUT2D eigenvalue weighted by atomic mass is 9.99. The third-order valence-electron chi connectivity index (χ3n) is 4.68. The Bertz CT molecular complexity index is 376. The molecule has 17 heavy (non-hydrogen) atoms. The average molecular weight is 233 g/mol. The molecule has 0 aromatic carbocycles. The molecule has 0 amide bonds. The monoisotopic (exact) mass is 233 g/mol. The number of hydrogen-bond donors (Lipinski definition) is 1. The van der Waals surface area contributed by atoms with Gasteiger partial charge in [0.05, 0.1) is 0 Å². The van der Waals surface area contributed by atoms with Gasteiger partial charge in [0.2, 0.25) is 0 Å². The molecule has 0 saturated carbocycles. The van der Waals surface area contributed by atoms with Crippen LogP contribution in [0.15, 0.2) is 12.1 Å². The molecule has 1 aromatic rings. The van der Waals surface area contributed by atoms with E-state index in [1.807, 2.05) is 0 Å². The van der Waals surface area contributed by atoms with Crippen molar-refractivity contribution in [3.8, 4) is 0 Å². The second-order valence-corrected chi connectivity index (χ2v) is 5.80. The van der Waals surface area contributed by atoms with Crippen LogP contribution in [0.3, 0.4) is 0 Å². The van der Waals surface area contributed by atoms with E-state index >= 15 is 0 Å². The average Bonchev–Trinajstić information content (AvgIpc) is 2.72. The number of aromatic nitrogens is 1. The molecule has 2 unspecified atom stereocenters. The predicted molar refractivity (Wildman–Crippen MR) is 70.9 cm³/mol. The molecule has 2 saturated heterocycles. The van der Waals surface area contributed by atoms with Crippen molar-refractivity contribution in [2.45, 2.75) is 57.7 Å². The van der Waals surface area contributed by atoms with E-state index in [0.29, 0.717) is 6.04 Å². The fourth-order valence-electron chi connectivity index (χ4n) is 3.57. The van der Waals surface area contributed by atoms with Gasteiger partial charge in [0.15, 0.2) is 0 Å². The minimum absolute atomic E-state index is 0.647. The number of nitrogens with zero attached hydrogens (tertiary/aromatic N) is 2. The van der Waals surface area contributed by atoms with Gasteiger partial charge in [-0.05, 0) is 58.7 Å². The van der Waals surface area contributed by atoms with Gasteiger partial charge in [-0.15, -0.1) is 0 Å². The van der Waals surface area contributed by atoms with E-state index < -0.39 is 0 Å². The van der Waals surface area contributed by atoms with Crippen molar-refractivity contribution < 1.29 is 0 Å². The number of rotatable bonds is 2. The first-order chi connectivity index (χ1) is 8.15. The van der Waals surface area contributed by atoms with Gasteiger partial charge in [-0.2, -0.15) is 0 Å². The predicted octanol–water partition coefficient (Wildman–Crippen LogP) is 2.27. The Morgan fingerprint density at radius 3 is 2.12 bits per heavy atom. The van der Waals surface area contributed by atoms with Crippen LogP contribution < -0.4 is 5.43 Å². The number of piperidine rings is 1. The summed E-state index contributed by atoms with van der Waals surface area (Å²) in [6.45, 7) is 4.34. The van der Waals surface area contributed by atoms with Gasteiger partial charge >= 0.3 is 0 Å². The molecule has 2 bridgehead atoms. The van der Waals surface area contributed by atoms with Crippen molar-refractivity contribution in [2.75, 3.05) is 12.5 Å². The molecule has 2 fully saturated rings. The molecule has 0 aliphatic carbocycles. The first-order valence-electron chi connectivity index (χ1n) is 6.78. The summed E-state index contributed by atoms with van der Waals surface area (Å²) in [6.07, 6.45) is 5.38. The Kier molecular flexibility index (Phi) is 2.66. The van der Waals surface area contributed by atoms with Crippen molar-refractivity contribution in [1.29, 1.82) is 0 Å². The Morgan fingerprint density at radius 2 is 1.59 bits per heavy atom. The first kappa shape index (κ1) is 11.1. The van der Waals surface area contributed by atoms with E-state index in [4.69, 9.17) is 0 Å². The molecule has 2 aliphatic heterocycles. The van der Waals surface area contributed by atoms with Crippen LogP contribution in [0.5, 0.6) is 0 Å². The smallest absolute Gasteiger partial charge is 0.0454 e. The Labute approximate surface area is 104 Å². The number of aryl methyl sites for hydroxylation is 2. The third kappa shape index (κ3) is 1.86. The molecular formula is C14H23N3. The minimum Gasteiger partial charge on any atom is -0.323 e. The summed E-state index contributed by atoms with van der Waals surface area (Å²) in [6, 6.07) is 6.64. The molecule has 0 spiro atoms. The van der Waals surface area contributed by atoms with Crippen molar-refractivity contribution in [3.63, 3.8) is 0 Å². The Morgan fingerprint density at radius 1 is 1.06 bits per heavy atom. The maximum atomic E-state index is 3.71. The molecule has 1 aromatic heterocycles. The third-order valence-corrected chi connectivity index (χ3v) is 4.68. The topological polar surface area (TPSA) is 20.2 Å². The van der Waals surface area contributed by atoms with E-state index in [1.54, 1.807) is 0 Å². The number of nitrogens with one attached hydrogen (secondary N) is 1. The molecule has 0 radical (unpaired) electrons. The highest BCUT2D eigenvalue weighted by atomic mass is 15.4. The lowest BCUT2D eigenvalue weighted by molar-refractivity contribution is 0.164. The molecule has 3 rings (SSSR count). The van der Waals surface area contributed by atoms with Crippen LogP contribution >= 0.6 is 0 Å². The summed E-state index contributed by atoms with van der Waals surface area (Å²) in [5.41, 5.74) is 6.34. The van der Waals surface area contributed by atoms with Crippen LogP contribution in [0.1, 0.15) is 37.1 Å². The van der Waals surface area contributed by atoms with Crippen molar-refractivity contribution in [1.82, 2.24) is 9.58 Å². The van der Waals surface area contributed by atoms with Gasteiger partial charge in [0.25, 0.3) is 0 Å². The standard InChI is InChI=1S/C14H23N3/c1-10-4-5-11(2)17(10)15-12-8-13-6-7-14(9-12)16(13)3/h4-5,12-15H,6-9H2,1-3H3. The van der Waals surface area contributed by atoms with Gasteiger partial charge in [-0.25, -0.2) is 0 Å². The van der Waals surface area contributed by atoms with Crippen LogP contribution in [-0.4, -0.2) is 34.7 Å². The summed E-state index contributed by atoms with van der Waals surface area (Å²) in [5, 5.41) is 0. The lowest BCUT2D eigenvalue weighted by Crippen LogP contribution is -2.46. The van der Waals surface area contributed by atoms with Gasteiger partial charge in [0.1, 0.15) is 0 Å². The largest absolute Gasteiger partial charge is 0.323 e. The zero-order valence-corrected chi connectivity index (χ0v) is 11.1. The second-order valence-electron chi connectivity index (χ2n) is 5.80. The normalized spacial score (nSPS) is 33.0. The van der Waals surface area contributed by atoms with E-state index in [0.717, 1.165) is 12.1 Å². The van der Waals surface area contributed by atoms with Crippen molar-refractivity contribution in [3.05, 3.63) is 23.5 Å². The van der Waals surface area contributed by atoms with Crippen LogP contribution in [0.2, 0.25) is 0 Å². The van der Waals surface area contributed by atoms with Gasteiger partial charge in [-0.1, -0.05) is 0 Å². The van der Waals surface area contributed by atoms with Crippen molar-refractivity contribution in [2.24, 2.45) is 0 Å². The molecular weight excluding hydrogens is 210 g/mol. The molecule has 3 heterocycles. The van der Waals surface area contributed by atoms with Gasteiger partial charge in [0, 0.05) is 29.5 Å². The molecule has 2 atom stereocenters. The molecule has 2 aliphatic rings. The van der Waals surface area contributed by atoms with E-state index in [1.165, 1.54) is 37.1 Å². The summed E-state index contributed by atoms with van der Waals surface area (Å²) in [5.74, 6) is 0. The quantitative estimate of drug-likeness (QED) is 0.845. The Hall–Kier alpha value is -0.960. The van der Waals surface area contributed by atoms with Crippen LogP contribution in [-0.2, 0) is 0 Å². The highest BCUT2D eigenvalue weighted by Gasteiger charge is 2.38. The summed E-state index contributed by atoms with van der Waals surface area (Å²) in [4.78, 5) is 2.59. The van der Waals surface area contributed by atoms with E-state index in [9.17, 15) is 0 Å². The van der Waals surface area contributed by atoms with Crippen LogP contribution in [0.25, 0.3) is 0 Å². The summed E-state index contributed by atoms with van der Waals surface area (Å²) in [7, 11) is 2.30. The fourth-order valence-corrected chi connectivity index (χ4v) is 3.57. The van der Waals surface area contributed by atoms with Crippen LogP contribution in [0, 0.1) is 13.8 Å². The maximum Gasteiger partial charge on any atom is 0.0454 e. The minimum atomic E-state index is 0.647. The Balaban J connectivity index is 1.71. The zero-order valence-electron chi connectivity index (χ0n) is 11.1. The zero-order chi connectivity index (χ0) is 12.0. The summed E-state index contributed by atoms with van der Waals surface area (Å²) >= 11 is 0. The molecule has 3 nitrogen and oxygen atoms in total. The highest BCUT2D eigenvalue weighted by Crippen LogP contribution is 2.34. The fraction of sp³-hybridized carbons (Fsp3) is 0.714. The molecule has 3 heteroatoms. The molecule has 1 N–H and O–H groups in total. The second kappa shape index (κ2) is 4.05. The molecule has 94 valence electrons. The van der Waals surface area contributed by atoms with Crippen molar-refractivity contribution >= 4 is 0 Å². The van der Waals surface area contributed by atoms with E-state index in [2.05, 4.69) is 48.0 Å². The first-order valence-corrected chi connectivity index (χ1v) is 6.78. The van der Waals surface area contributed by atoms with Gasteiger partial charge in [-0.3, -0.25) is 4.68 Å². The summed E-state index contributed by atoms with van der Waals surface area (Å²) < 4.78 is 2.26. The number of hydrogen-bond acceptors (Lipinski definition) is 2.